The van der Waals surface area contributed by atoms with Crippen LogP contribution in [-0.2, 0) is 4.79 Å². The number of ketones is 1. The van der Waals surface area contributed by atoms with Gasteiger partial charge in [0.1, 0.15) is 0 Å². The van der Waals surface area contributed by atoms with Crippen LogP contribution >= 0.6 is 0 Å². The topological polar surface area (TPSA) is 39.0 Å². The second kappa shape index (κ2) is 3.46. The summed E-state index contributed by atoms with van der Waals surface area (Å²) < 4.78 is 0. The van der Waals surface area contributed by atoms with Gasteiger partial charge in [0.2, 0.25) is 0 Å². The standard InChI is InChI=1S/C13H17NO/c1-13(2,3)12(15)11-10(14-11)9-7-5-4-6-8-9/h4-8,10-11,14H,1-3H3/t10-,11+/m0/s1. The van der Waals surface area contributed by atoms with Gasteiger partial charge >= 0.3 is 0 Å². The van der Waals surface area contributed by atoms with Crippen molar-refractivity contribution in [2.75, 3.05) is 0 Å². The number of hydrogen-bond acceptors (Lipinski definition) is 2. The van der Waals surface area contributed by atoms with Crippen molar-refractivity contribution < 1.29 is 4.79 Å². The van der Waals surface area contributed by atoms with E-state index in [1.165, 1.54) is 5.56 Å². The van der Waals surface area contributed by atoms with Gasteiger partial charge in [0.05, 0.1) is 12.1 Å². The van der Waals surface area contributed by atoms with Crippen molar-refractivity contribution in [2.24, 2.45) is 5.41 Å². The molecule has 2 nitrogen and oxygen atoms in total. The largest absolute Gasteiger partial charge is 0.297 e. The van der Waals surface area contributed by atoms with Gasteiger partial charge in [-0.2, -0.15) is 0 Å². The minimum Gasteiger partial charge on any atom is -0.297 e. The molecule has 0 spiro atoms. The number of Topliss-reactive ketones (excluding diaryl/α,β-unsaturated/α-hetero) is 1. The van der Waals surface area contributed by atoms with E-state index in [2.05, 4.69) is 17.4 Å². The second-order valence-electron chi connectivity index (χ2n) is 5.15. The highest BCUT2D eigenvalue weighted by Crippen LogP contribution is 2.34. The molecule has 1 aliphatic heterocycles. The number of carbonyl (C=O) groups is 1. The zero-order valence-corrected chi connectivity index (χ0v) is 9.45. The normalized spacial score (nSPS) is 25.0. The van der Waals surface area contributed by atoms with E-state index >= 15 is 0 Å². The molecule has 0 saturated carbocycles. The molecule has 1 aliphatic rings. The summed E-state index contributed by atoms with van der Waals surface area (Å²) in [5, 5.41) is 3.24. The lowest BCUT2D eigenvalue weighted by Crippen LogP contribution is -2.26. The Morgan fingerprint density at radius 3 is 2.33 bits per heavy atom. The fourth-order valence-electron chi connectivity index (χ4n) is 1.78. The third kappa shape index (κ3) is 2.10. The number of rotatable bonds is 2. The van der Waals surface area contributed by atoms with Crippen LogP contribution in [-0.4, -0.2) is 11.8 Å². The third-order valence-electron chi connectivity index (χ3n) is 2.76. The zero-order valence-electron chi connectivity index (χ0n) is 9.45. The lowest BCUT2D eigenvalue weighted by atomic mass is 9.87. The summed E-state index contributed by atoms with van der Waals surface area (Å²) in [5.41, 5.74) is 0.960. The molecule has 0 bridgehead atoms. The molecular formula is C13H17NO. The molecule has 0 aromatic heterocycles. The van der Waals surface area contributed by atoms with E-state index in [9.17, 15) is 4.79 Å². The van der Waals surface area contributed by atoms with Gasteiger partial charge in [-0.1, -0.05) is 51.1 Å². The maximum absolute atomic E-state index is 11.9. The monoisotopic (exact) mass is 203 g/mol. The van der Waals surface area contributed by atoms with E-state index in [4.69, 9.17) is 0 Å². The third-order valence-corrected chi connectivity index (χ3v) is 2.76. The summed E-state index contributed by atoms with van der Waals surface area (Å²) in [4.78, 5) is 11.9. The maximum atomic E-state index is 11.9. The molecule has 0 amide bonds. The first-order valence-corrected chi connectivity index (χ1v) is 5.35. The van der Waals surface area contributed by atoms with E-state index in [1.807, 2.05) is 39.0 Å². The number of nitrogens with one attached hydrogen (secondary N) is 1. The van der Waals surface area contributed by atoms with Gasteiger partial charge in [0.15, 0.2) is 5.78 Å². The van der Waals surface area contributed by atoms with Gasteiger partial charge in [-0.15, -0.1) is 0 Å². The van der Waals surface area contributed by atoms with Crippen LogP contribution in [0.2, 0.25) is 0 Å². The van der Waals surface area contributed by atoms with Gasteiger partial charge in [0.25, 0.3) is 0 Å². The van der Waals surface area contributed by atoms with Crippen LogP contribution in [0.15, 0.2) is 30.3 Å². The SMILES string of the molecule is CC(C)(C)C(=O)[C@@H]1N[C@H]1c1ccccc1. The lowest BCUT2D eigenvalue weighted by Gasteiger charge is -2.15. The number of hydrogen-bond donors (Lipinski definition) is 1. The zero-order chi connectivity index (χ0) is 11.1. The number of benzene rings is 1. The van der Waals surface area contributed by atoms with Crippen molar-refractivity contribution in [1.82, 2.24) is 5.32 Å². The van der Waals surface area contributed by atoms with Gasteiger partial charge < -0.3 is 0 Å². The molecule has 2 heteroatoms. The fourth-order valence-corrected chi connectivity index (χ4v) is 1.78. The minimum atomic E-state index is -0.249. The van der Waals surface area contributed by atoms with Gasteiger partial charge in [-0.25, -0.2) is 0 Å². The van der Waals surface area contributed by atoms with Crippen LogP contribution in [0, 0.1) is 5.41 Å². The molecule has 1 N–H and O–H groups in total. The molecule has 2 atom stereocenters. The van der Waals surface area contributed by atoms with Crippen LogP contribution < -0.4 is 5.32 Å². The molecule has 15 heavy (non-hydrogen) atoms. The van der Waals surface area contributed by atoms with Crippen molar-refractivity contribution in [3.8, 4) is 0 Å². The average Bonchev–Trinajstić information content (AvgIpc) is 2.96. The van der Waals surface area contributed by atoms with Crippen LogP contribution in [0.1, 0.15) is 32.4 Å². The van der Waals surface area contributed by atoms with Crippen LogP contribution in [0.25, 0.3) is 0 Å². The first-order chi connectivity index (χ1) is 7.00. The van der Waals surface area contributed by atoms with Crippen molar-refractivity contribution in [2.45, 2.75) is 32.9 Å². The second-order valence-corrected chi connectivity index (χ2v) is 5.15. The smallest absolute Gasteiger partial charge is 0.157 e. The van der Waals surface area contributed by atoms with E-state index in [0.29, 0.717) is 5.78 Å². The highest BCUT2D eigenvalue weighted by molar-refractivity contribution is 5.92. The highest BCUT2D eigenvalue weighted by Gasteiger charge is 2.46. The first-order valence-electron chi connectivity index (χ1n) is 5.35. The number of carbonyl (C=O) groups excluding carboxylic acids is 1. The van der Waals surface area contributed by atoms with Crippen LogP contribution in [0.3, 0.4) is 0 Å². The van der Waals surface area contributed by atoms with Crippen LogP contribution in [0.5, 0.6) is 0 Å². The Morgan fingerprint density at radius 2 is 1.80 bits per heavy atom. The molecule has 0 aliphatic carbocycles. The Bertz CT molecular complexity index is 364. The average molecular weight is 203 g/mol. The predicted molar refractivity (Wildman–Crippen MR) is 60.6 cm³/mol. The highest BCUT2D eigenvalue weighted by atomic mass is 16.1. The van der Waals surface area contributed by atoms with E-state index in [1.54, 1.807) is 0 Å². The van der Waals surface area contributed by atoms with Crippen LogP contribution in [0.4, 0.5) is 0 Å². The van der Waals surface area contributed by atoms with E-state index in [-0.39, 0.29) is 17.5 Å². The lowest BCUT2D eigenvalue weighted by molar-refractivity contribution is -0.125. The quantitative estimate of drug-likeness (QED) is 0.749. The molecule has 0 unspecified atom stereocenters. The maximum Gasteiger partial charge on any atom is 0.157 e. The molecule has 2 rings (SSSR count). The summed E-state index contributed by atoms with van der Waals surface area (Å²) in [5.74, 6) is 0.302. The summed E-state index contributed by atoms with van der Waals surface area (Å²) in [6, 6.07) is 10.4. The van der Waals surface area contributed by atoms with Gasteiger partial charge in [-0.3, -0.25) is 10.1 Å². The Kier molecular flexibility index (Phi) is 2.39. The fraction of sp³-hybridized carbons (Fsp3) is 0.462. The molecule has 80 valence electrons. The van der Waals surface area contributed by atoms with E-state index in [0.717, 1.165) is 0 Å². The molecule has 1 aromatic rings. The summed E-state index contributed by atoms with van der Waals surface area (Å²) >= 11 is 0. The first kappa shape index (κ1) is 10.4. The van der Waals surface area contributed by atoms with Gasteiger partial charge in [-0.05, 0) is 5.56 Å². The molecule has 1 aromatic carbocycles. The Labute approximate surface area is 90.7 Å². The summed E-state index contributed by atoms with van der Waals surface area (Å²) in [6.45, 7) is 5.91. The molecule has 0 radical (unpaired) electrons. The molecular weight excluding hydrogens is 186 g/mol. The van der Waals surface area contributed by atoms with Crippen molar-refractivity contribution in [3.63, 3.8) is 0 Å². The Morgan fingerprint density at radius 1 is 1.20 bits per heavy atom. The van der Waals surface area contributed by atoms with Crippen molar-refractivity contribution >= 4 is 5.78 Å². The Hall–Kier alpha value is -1.15. The Balaban J connectivity index is 2.06. The molecule has 1 fully saturated rings. The minimum absolute atomic E-state index is 0.0207. The van der Waals surface area contributed by atoms with Gasteiger partial charge in [0, 0.05) is 5.41 Å². The molecule has 1 heterocycles. The van der Waals surface area contributed by atoms with E-state index < -0.39 is 0 Å². The summed E-state index contributed by atoms with van der Waals surface area (Å²) in [6.07, 6.45) is 0. The van der Waals surface area contributed by atoms with Crippen molar-refractivity contribution in [1.29, 1.82) is 0 Å². The predicted octanol–water partition coefficient (Wildman–Crippen LogP) is 2.31. The molecule has 1 saturated heterocycles. The summed E-state index contributed by atoms with van der Waals surface area (Å²) in [7, 11) is 0. The van der Waals surface area contributed by atoms with Crippen molar-refractivity contribution in [3.05, 3.63) is 35.9 Å².